The molecular weight excluding hydrogens is 312 g/mol. The number of thiophene rings is 1. The van der Waals surface area contributed by atoms with Crippen LogP contribution in [0.5, 0.6) is 0 Å². The fraction of sp³-hybridized carbons (Fsp3) is 0.308. The van der Waals surface area contributed by atoms with Crippen molar-refractivity contribution in [1.82, 2.24) is 9.88 Å². The Labute approximate surface area is 128 Å². The number of nitrogens with zero attached hydrogens (tertiary/aromatic N) is 2. The normalized spacial score (nSPS) is 18.7. The van der Waals surface area contributed by atoms with E-state index in [0.717, 1.165) is 10.6 Å². The van der Waals surface area contributed by atoms with Crippen molar-refractivity contribution < 1.29 is 19.4 Å². The van der Waals surface area contributed by atoms with E-state index in [4.69, 9.17) is 9.84 Å². The van der Waals surface area contributed by atoms with Crippen LogP contribution >= 0.6 is 22.7 Å². The van der Waals surface area contributed by atoms with Crippen LogP contribution in [0, 0.1) is 0 Å². The molecule has 8 heteroatoms. The molecule has 1 N–H and O–H groups in total. The van der Waals surface area contributed by atoms with E-state index in [-0.39, 0.29) is 24.8 Å². The number of carboxylic acids is 1. The van der Waals surface area contributed by atoms with Crippen LogP contribution < -0.4 is 0 Å². The second kappa shape index (κ2) is 5.92. The molecule has 0 unspecified atom stereocenters. The lowest BCUT2D eigenvalue weighted by Gasteiger charge is -2.32. The van der Waals surface area contributed by atoms with Crippen molar-refractivity contribution in [2.75, 3.05) is 19.8 Å². The van der Waals surface area contributed by atoms with Crippen LogP contribution in [-0.2, 0) is 9.53 Å². The zero-order valence-electron chi connectivity index (χ0n) is 10.9. The molecule has 0 saturated carbocycles. The molecule has 1 saturated heterocycles. The molecule has 0 aliphatic carbocycles. The number of ether oxygens (including phenoxy) is 1. The quantitative estimate of drug-likeness (QED) is 0.931. The van der Waals surface area contributed by atoms with Gasteiger partial charge in [-0.05, 0) is 11.4 Å². The van der Waals surface area contributed by atoms with E-state index in [1.807, 2.05) is 16.8 Å². The van der Waals surface area contributed by atoms with Gasteiger partial charge in [0.15, 0.2) is 6.04 Å². The number of rotatable bonds is 3. The van der Waals surface area contributed by atoms with Crippen molar-refractivity contribution in [2.24, 2.45) is 0 Å². The zero-order valence-corrected chi connectivity index (χ0v) is 12.5. The van der Waals surface area contributed by atoms with Gasteiger partial charge in [0.05, 0.1) is 13.2 Å². The maximum absolute atomic E-state index is 12.5. The molecule has 0 radical (unpaired) electrons. The highest BCUT2D eigenvalue weighted by Gasteiger charge is 2.34. The number of carbonyl (C=O) groups excluding carboxylic acids is 1. The summed E-state index contributed by atoms with van der Waals surface area (Å²) in [7, 11) is 0. The molecule has 1 amide bonds. The highest BCUT2D eigenvalue weighted by atomic mass is 32.1. The summed E-state index contributed by atoms with van der Waals surface area (Å²) in [5.41, 5.74) is 1.26. The van der Waals surface area contributed by atoms with Gasteiger partial charge in [0.25, 0.3) is 5.91 Å². The molecule has 0 bridgehead atoms. The third-order valence-corrected chi connectivity index (χ3v) is 4.74. The van der Waals surface area contributed by atoms with Crippen molar-refractivity contribution in [3.05, 3.63) is 27.9 Å². The minimum atomic E-state index is -1.06. The number of carbonyl (C=O) groups is 2. The number of hydrogen-bond donors (Lipinski definition) is 1. The Morgan fingerprint density at radius 2 is 2.29 bits per heavy atom. The molecule has 0 aromatic carbocycles. The topological polar surface area (TPSA) is 79.7 Å². The van der Waals surface area contributed by atoms with Gasteiger partial charge in [-0.25, -0.2) is 9.78 Å². The Kier molecular flexibility index (Phi) is 4.00. The van der Waals surface area contributed by atoms with Crippen LogP contribution in [0.3, 0.4) is 0 Å². The Bertz CT molecular complexity index is 653. The molecular formula is C13H12N2O4S2. The molecule has 1 atom stereocenters. The third kappa shape index (κ3) is 2.82. The number of amides is 1. The molecule has 110 valence electrons. The van der Waals surface area contributed by atoms with Crippen LogP contribution in [0.2, 0.25) is 0 Å². The highest BCUT2D eigenvalue weighted by Crippen LogP contribution is 2.26. The molecule has 6 nitrogen and oxygen atoms in total. The van der Waals surface area contributed by atoms with E-state index in [9.17, 15) is 9.59 Å². The number of morpholine rings is 1. The largest absolute Gasteiger partial charge is 0.480 e. The third-order valence-electron chi connectivity index (χ3n) is 3.17. The molecule has 1 aliphatic rings. The van der Waals surface area contributed by atoms with E-state index in [2.05, 4.69) is 4.98 Å². The minimum Gasteiger partial charge on any atom is -0.480 e. The van der Waals surface area contributed by atoms with E-state index in [0.29, 0.717) is 6.61 Å². The van der Waals surface area contributed by atoms with E-state index in [1.165, 1.54) is 16.2 Å². The predicted molar refractivity (Wildman–Crippen MR) is 78.7 cm³/mol. The van der Waals surface area contributed by atoms with Crippen molar-refractivity contribution in [3.63, 3.8) is 0 Å². The molecule has 2 aromatic rings. The van der Waals surface area contributed by atoms with Crippen LogP contribution in [0.25, 0.3) is 10.6 Å². The SMILES string of the molecule is O=C(O)[C@H]1COCCN1C(=O)c1csc(-c2ccsc2)n1. The first-order valence-electron chi connectivity index (χ1n) is 6.26. The van der Waals surface area contributed by atoms with Crippen molar-refractivity contribution in [1.29, 1.82) is 0 Å². The lowest BCUT2D eigenvalue weighted by Crippen LogP contribution is -2.52. The van der Waals surface area contributed by atoms with Gasteiger partial charge in [-0.3, -0.25) is 4.79 Å². The minimum absolute atomic E-state index is 0.0165. The van der Waals surface area contributed by atoms with Gasteiger partial charge in [-0.2, -0.15) is 11.3 Å². The van der Waals surface area contributed by atoms with E-state index >= 15 is 0 Å². The Morgan fingerprint density at radius 3 is 3.00 bits per heavy atom. The molecule has 21 heavy (non-hydrogen) atoms. The van der Waals surface area contributed by atoms with Crippen LogP contribution in [0.15, 0.2) is 22.2 Å². The second-order valence-corrected chi connectivity index (χ2v) is 6.12. The van der Waals surface area contributed by atoms with Crippen LogP contribution in [0.1, 0.15) is 10.5 Å². The second-order valence-electron chi connectivity index (χ2n) is 4.48. The number of thiazole rings is 1. The van der Waals surface area contributed by atoms with Gasteiger partial charge in [-0.15, -0.1) is 11.3 Å². The first kappa shape index (κ1) is 14.2. The number of aromatic nitrogens is 1. The smallest absolute Gasteiger partial charge is 0.328 e. The van der Waals surface area contributed by atoms with Crippen LogP contribution in [-0.4, -0.2) is 52.7 Å². The van der Waals surface area contributed by atoms with Crippen molar-refractivity contribution >= 4 is 34.6 Å². The average Bonchev–Trinajstić information content (AvgIpc) is 3.17. The highest BCUT2D eigenvalue weighted by molar-refractivity contribution is 7.14. The maximum atomic E-state index is 12.5. The Balaban J connectivity index is 1.83. The molecule has 1 aliphatic heterocycles. The van der Waals surface area contributed by atoms with Gasteiger partial charge in [0, 0.05) is 22.9 Å². The zero-order chi connectivity index (χ0) is 14.8. The number of aliphatic carboxylic acids is 1. The molecule has 2 aromatic heterocycles. The fourth-order valence-corrected chi connectivity index (χ4v) is 3.60. The molecule has 3 rings (SSSR count). The molecule has 1 fully saturated rings. The lowest BCUT2D eigenvalue weighted by atomic mass is 10.2. The summed E-state index contributed by atoms with van der Waals surface area (Å²) >= 11 is 2.94. The van der Waals surface area contributed by atoms with Gasteiger partial charge in [0.2, 0.25) is 0 Å². The standard InChI is InChI=1S/C13H12N2O4S2/c16-12(15-2-3-19-5-10(15)13(17)18)9-7-21-11(14-9)8-1-4-20-6-8/h1,4,6-7,10H,2-3,5H2,(H,17,18)/t10-/m1/s1. The van der Waals surface area contributed by atoms with Gasteiger partial charge in [0.1, 0.15) is 10.7 Å². The summed E-state index contributed by atoms with van der Waals surface area (Å²) in [4.78, 5) is 29.3. The monoisotopic (exact) mass is 324 g/mol. The number of carboxylic acid groups (broad SMARTS) is 1. The van der Waals surface area contributed by atoms with E-state index in [1.54, 1.807) is 16.7 Å². The van der Waals surface area contributed by atoms with Gasteiger partial charge in [-0.1, -0.05) is 0 Å². The predicted octanol–water partition coefficient (Wildman–Crippen LogP) is 1.80. The Hall–Kier alpha value is -1.77. The lowest BCUT2D eigenvalue weighted by molar-refractivity contribution is -0.147. The van der Waals surface area contributed by atoms with Gasteiger partial charge < -0.3 is 14.7 Å². The average molecular weight is 324 g/mol. The van der Waals surface area contributed by atoms with Crippen molar-refractivity contribution in [2.45, 2.75) is 6.04 Å². The van der Waals surface area contributed by atoms with Gasteiger partial charge >= 0.3 is 5.97 Å². The first-order valence-corrected chi connectivity index (χ1v) is 8.08. The molecule has 0 spiro atoms. The van der Waals surface area contributed by atoms with Crippen LogP contribution in [0.4, 0.5) is 0 Å². The summed E-state index contributed by atoms with van der Waals surface area (Å²) in [6.07, 6.45) is 0. The summed E-state index contributed by atoms with van der Waals surface area (Å²) in [5.74, 6) is -1.42. The molecule has 3 heterocycles. The first-order chi connectivity index (χ1) is 10.2. The fourth-order valence-electron chi connectivity index (χ4n) is 2.09. The summed E-state index contributed by atoms with van der Waals surface area (Å²) in [6.45, 7) is 0.626. The Morgan fingerprint density at radius 1 is 1.43 bits per heavy atom. The summed E-state index contributed by atoms with van der Waals surface area (Å²) < 4.78 is 5.13. The number of hydrogen-bond acceptors (Lipinski definition) is 6. The van der Waals surface area contributed by atoms with E-state index < -0.39 is 12.0 Å². The van der Waals surface area contributed by atoms with Crippen molar-refractivity contribution in [3.8, 4) is 10.6 Å². The maximum Gasteiger partial charge on any atom is 0.328 e. The summed E-state index contributed by atoms with van der Waals surface area (Å²) in [5, 5.41) is 15.5. The summed E-state index contributed by atoms with van der Waals surface area (Å²) in [6, 6.07) is 0.990.